The van der Waals surface area contributed by atoms with Crippen molar-refractivity contribution in [3.05, 3.63) is 23.8 Å². The van der Waals surface area contributed by atoms with Gasteiger partial charge in [-0.1, -0.05) is 31.6 Å². The first kappa shape index (κ1) is 23.7. The number of rotatable bonds is 3. The summed E-state index contributed by atoms with van der Waals surface area (Å²) in [5.74, 6) is -0.353. The normalized spacial score (nSPS) is 38.8. The average molecular weight is 407 g/mol. The number of carbonyl (C=O) groups is 2. The molecule has 1 fully saturated rings. The third-order valence-corrected chi connectivity index (χ3v) is 6.53. The summed E-state index contributed by atoms with van der Waals surface area (Å²) < 4.78 is 11.4. The van der Waals surface area contributed by atoms with Gasteiger partial charge in [-0.05, 0) is 63.4 Å². The fourth-order valence-electron chi connectivity index (χ4n) is 5.29. The van der Waals surface area contributed by atoms with E-state index in [1.165, 1.54) is 13.8 Å². The van der Waals surface area contributed by atoms with Gasteiger partial charge in [0, 0.05) is 26.2 Å². The summed E-state index contributed by atoms with van der Waals surface area (Å²) in [6, 6.07) is 0. The summed E-state index contributed by atoms with van der Waals surface area (Å²) in [5, 5.41) is 10.9. The van der Waals surface area contributed by atoms with E-state index in [2.05, 4.69) is 26.0 Å². The fourth-order valence-corrected chi connectivity index (χ4v) is 5.29. The van der Waals surface area contributed by atoms with Crippen molar-refractivity contribution in [1.82, 2.24) is 0 Å². The summed E-state index contributed by atoms with van der Waals surface area (Å²) >= 11 is 0. The predicted molar refractivity (Wildman–Crippen MR) is 113 cm³/mol. The van der Waals surface area contributed by atoms with Crippen molar-refractivity contribution in [3.8, 4) is 0 Å². The fraction of sp³-hybridized carbons (Fsp3) is 0.750. The van der Waals surface area contributed by atoms with Crippen LogP contribution in [0.1, 0.15) is 74.1 Å². The molecular weight excluding hydrogens is 368 g/mol. The molecule has 0 amide bonds. The molecule has 5 heteroatoms. The van der Waals surface area contributed by atoms with E-state index in [1.807, 2.05) is 26.8 Å². The van der Waals surface area contributed by atoms with Crippen LogP contribution in [-0.4, -0.2) is 34.9 Å². The number of fused-ring (bicyclic) bond motifs is 1. The summed E-state index contributed by atoms with van der Waals surface area (Å²) in [4.78, 5) is 23.5. The standard InChI is InChI=1S/C24H38O5/c1-15-8-10-24(7)11-9-20(23(5,6)27)22(24)21(29-18(4)26)14-16(2)13-19(12-15)28-17(3)25/h8,10,13,15,19-22,27H,9,11-12,14H2,1-7H3/b10-8+,16-13+/t15-,19+,20-,21+,22-,24+/m1/s1. The maximum atomic E-state index is 12.0. The molecule has 0 radical (unpaired) electrons. The third kappa shape index (κ3) is 6.18. The lowest BCUT2D eigenvalue weighted by Gasteiger charge is -2.41. The van der Waals surface area contributed by atoms with Gasteiger partial charge in [0.2, 0.25) is 0 Å². The van der Waals surface area contributed by atoms with Crippen molar-refractivity contribution in [3.63, 3.8) is 0 Å². The van der Waals surface area contributed by atoms with Crippen LogP contribution in [0.3, 0.4) is 0 Å². The van der Waals surface area contributed by atoms with Crippen molar-refractivity contribution >= 4 is 11.9 Å². The van der Waals surface area contributed by atoms with Gasteiger partial charge in [-0.3, -0.25) is 9.59 Å². The molecule has 1 saturated carbocycles. The largest absolute Gasteiger partial charge is 0.462 e. The molecule has 0 heterocycles. The number of ether oxygens (including phenoxy) is 2. The molecule has 29 heavy (non-hydrogen) atoms. The topological polar surface area (TPSA) is 72.8 Å². The van der Waals surface area contributed by atoms with Crippen molar-refractivity contribution in [2.75, 3.05) is 0 Å². The minimum absolute atomic E-state index is 0.00322. The van der Waals surface area contributed by atoms with Crippen molar-refractivity contribution in [2.24, 2.45) is 23.2 Å². The Morgan fingerprint density at radius 2 is 1.83 bits per heavy atom. The van der Waals surface area contributed by atoms with Gasteiger partial charge >= 0.3 is 11.9 Å². The number of carbonyl (C=O) groups excluding carboxylic acids is 2. The van der Waals surface area contributed by atoms with E-state index in [9.17, 15) is 14.7 Å². The molecule has 2 rings (SSSR count). The van der Waals surface area contributed by atoms with Crippen LogP contribution in [0.2, 0.25) is 0 Å². The Labute approximate surface area is 175 Å². The Hall–Kier alpha value is -1.62. The van der Waals surface area contributed by atoms with Gasteiger partial charge in [0.15, 0.2) is 0 Å². The Bertz CT molecular complexity index is 671. The third-order valence-electron chi connectivity index (χ3n) is 6.53. The smallest absolute Gasteiger partial charge is 0.303 e. The van der Waals surface area contributed by atoms with Gasteiger partial charge in [-0.2, -0.15) is 0 Å². The van der Waals surface area contributed by atoms with Crippen molar-refractivity contribution in [1.29, 1.82) is 0 Å². The number of hydrogen-bond donors (Lipinski definition) is 1. The van der Waals surface area contributed by atoms with Crippen LogP contribution in [0, 0.1) is 23.2 Å². The first-order chi connectivity index (χ1) is 13.3. The molecule has 0 aliphatic heterocycles. The van der Waals surface area contributed by atoms with Gasteiger partial charge in [-0.15, -0.1) is 0 Å². The van der Waals surface area contributed by atoms with Gasteiger partial charge < -0.3 is 14.6 Å². The second-order valence-electron chi connectivity index (χ2n) is 9.92. The highest BCUT2D eigenvalue weighted by molar-refractivity contribution is 5.66. The number of hydrogen-bond acceptors (Lipinski definition) is 5. The van der Waals surface area contributed by atoms with Crippen LogP contribution in [0.15, 0.2) is 23.8 Å². The van der Waals surface area contributed by atoms with E-state index >= 15 is 0 Å². The molecule has 0 spiro atoms. The Morgan fingerprint density at radius 1 is 1.21 bits per heavy atom. The molecule has 0 aromatic heterocycles. The van der Waals surface area contributed by atoms with Crippen molar-refractivity contribution in [2.45, 2.75) is 92.0 Å². The van der Waals surface area contributed by atoms with Crippen LogP contribution in [0.4, 0.5) is 0 Å². The van der Waals surface area contributed by atoms with Crippen LogP contribution < -0.4 is 0 Å². The molecule has 0 saturated heterocycles. The average Bonchev–Trinajstić information content (AvgIpc) is 2.88. The quantitative estimate of drug-likeness (QED) is 0.548. The number of esters is 2. The van der Waals surface area contributed by atoms with Crippen LogP contribution in [0.25, 0.3) is 0 Å². The van der Waals surface area contributed by atoms with Crippen LogP contribution in [0.5, 0.6) is 0 Å². The van der Waals surface area contributed by atoms with Crippen LogP contribution >= 0.6 is 0 Å². The molecule has 0 aromatic rings. The summed E-state index contributed by atoms with van der Waals surface area (Å²) in [6.45, 7) is 12.9. The first-order valence-electron chi connectivity index (χ1n) is 10.8. The van der Waals surface area contributed by atoms with E-state index < -0.39 is 5.60 Å². The Balaban J connectivity index is 2.52. The molecule has 164 valence electrons. The lowest BCUT2D eigenvalue weighted by molar-refractivity contribution is -0.154. The highest BCUT2D eigenvalue weighted by Crippen LogP contribution is 2.54. The maximum absolute atomic E-state index is 12.0. The number of aliphatic hydroxyl groups is 1. The molecule has 0 aromatic carbocycles. The van der Waals surface area contributed by atoms with E-state index in [0.29, 0.717) is 12.8 Å². The minimum Gasteiger partial charge on any atom is -0.462 e. The van der Waals surface area contributed by atoms with Gasteiger partial charge in [0.05, 0.1) is 5.60 Å². The summed E-state index contributed by atoms with van der Waals surface area (Å²) in [5.41, 5.74) is -0.0146. The molecule has 6 atom stereocenters. The van der Waals surface area contributed by atoms with E-state index in [-0.39, 0.29) is 47.3 Å². The maximum Gasteiger partial charge on any atom is 0.303 e. The van der Waals surface area contributed by atoms with Gasteiger partial charge in [-0.25, -0.2) is 0 Å². The first-order valence-corrected chi connectivity index (χ1v) is 10.8. The molecule has 0 unspecified atom stereocenters. The zero-order valence-electron chi connectivity index (χ0n) is 19.0. The van der Waals surface area contributed by atoms with E-state index in [1.54, 1.807) is 0 Å². The number of allylic oxidation sites excluding steroid dienone is 2. The van der Waals surface area contributed by atoms with E-state index in [4.69, 9.17) is 9.47 Å². The van der Waals surface area contributed by atoms with E-state index in [0.717, 1.165) is 18.4 Å². The molecule has 0 bridgehead atoms. The molecule has 1 N–H and O–H groups in total. The summed E-state index contributed by atoms with van der Waals surface area (Å²) in [7, 11) is 0. The Kier molecular flexibility index (Phi) is 7.37. The zero-order chi connectivity index (χ0) is 22.0. The lowest BCUT2D eigenvalue weighted by Crippen LogP contribution is -2.44. The molecule has 5 nitrogen and oxygen atoms in total. The van der Waals surface area contributed by atoms with Gasteiger partial charge in [0.25, 0.3) is 0 Å². The minimum atomic E-state index is -0.863. The highest BCUT2D eigenvalue weighted by Gasteiger charge is 2.53. The lowest BCUT2D eigenvalue weighted by atomic mass is 9.68. The molecule has 2 aliphatic rings. The van der Waals surface area contributed by atoms with Crippen molar-refractivity contribution < 1.29 is 24.2 Å². The van der Waals surface area contributed by atoms with Crippen LogP contribution in [-0.2, 0) is 19.1 Å². The second-order valence-corrected chi connectivity index (χ2v) is 9.92. The predicted octanol–water partition coefficient (Wildman–Crippen LogP) is 4.59. The Morgan fingerprint density at radius 3 is 2.38 bits per heavy atom. The monoisotopic (exact) mass is 406 g/mol. The second kappa shape index (κ2) is 9.03. The highest BCUT2D eigenvalue weighted by atomic mass is 16.5. The summed E-state index contributed by atoms with van der Waals surface area (Å²) in [6.07, 6.45) is 8.87. The SMILES string of the molecule is CC(=O)O[C@@H]1/C=C(\C)C[C@H](OC(C)=O)[C@H]2[C@H](C(C)(C)O)CC[C@]2(C)/C=C/[C@@H](C)C1. The molecule has 2 aliphatic carbocycles. The van der Waals surface area contributed by atoms with Gasteiger partial charge in [0.1, 0.15) is 12.2 Å². The zero-order valence-corrected chi connectivity index (χ0v) is 19.0. The molecular formula is C24H38O5.